The summed E-state index contributed by atoms with van der Waals surface area (Å²) in [4.78, 5) is 11.3. The first-order valence-corrected chi connectivity index (χ1v) is 6.57. The number of carbonyl (C=O) groups is 1. The number of nitrogens with two attached hydrogens (primary N) is 1. The molecule has 0 aromatic heterocycles. The summed E-state index contributed by atoms with van der Waals surface area (Å²) in [5.74, 6) is -0.411. The molecule has 2 aromatic rings. The zero-order chi connectivity index (χ0) is 15.2. The highest BCUT2D eigenvalue weighted by molar-refractivity contribution is 5.85. The van der Waals surface area contributed by atoms with Crippen LogP contribution in [0, 0.1) is 11.3 Å². The number of esters is 1. The molecule has 114 valence electrons. The minimum Gasteiger partial charge on any atom is -0.468 e. The van der Waals surface area contributed by atoms with Crippen LogP contribution in [0.25, 0.3) is 11.1 Å². The van der Waals surface area contributed by atoms with Crippen molar-refractivity contribution in [1.82, 2.24) is 0 Å². The SMILES string of the molecule is COC(=O)[C@@H](N)Cc1ccc(-c2ccc(C#N)cc2)cc1.Cl. The van der Waals surface area contributed by atoms with Crippen LogP contribution in [-0.2, 0) is 16.0 Å². The topological polar surface area (TPSA) is 76.1 Å². The third kappa shape index (κ3) is 4.32. The second-order valence-corrected chi connectivity index (χ2v) is 4.72. The first-order valence-electron chi connectivity index (χ1n) is 6.57. The van der Waals surface area contributed by atoms with Crippen molar-refractivity contribution in [3.8, 4) is 17.2 Å². The van der Waals surface area contributed by atoms with Crippen LogP contribution >= 0.6 is 12.4 Å². The predicted molar refractivity (Wildman–Crippen MR) is 87.5 cm³/mol. The Labute approximate surface area is 135 Å². The monoisotopic (exact) mass is 316 g/mol. The number of methoxy groups -OCH3 is 1. The fourth-order valence-electron chi connectivity index (χ4n) is 2.06. The van der Waals surface area contributed by atoms with Crippen LogP contribution in [0.5, 0.6) is 0 Å². The quantitative estimate of drug-likeness (QED) is 0.880. The molecule has 0 unspecified atom stereocenters. The van der Waals surface area contributed by atoms with Gasteiger partial charge < -0.3 is 10.5 Å². The fourth-order valence-corrected chi connectivity index (χ4v) is 2.06. The number of hydrogen-bond acceptors (Lipinski definition) is 4. The Hall–Kier alpha value is -2.35. The molecule has 22 heavy (non-hydrogen) atoms. The molecular formula is C17H17ClN2O2. The lowest BCUT2D eigenvalue weighted by atomic mass is 10.0. The summed E-state index contributed by atoms with van der Waals surface area (Å²) >= 11 is 0. The lowest BCUT2D eigenvalue weighted by Gasteiger charge is -2.10. The molecule has 0 aliphatic carbocycles. The molecule has 0 aliphatic rings. The van der Waals surface area contributed by atoms with E-state index < -0.39 is 12.0 Å². The van der Waals surface area contributed by atoms with E-state index in [1.165, 1.54) is 7.11 Å². The Morgan fingerprint density at radius 1 is 1.14 bits per heavy atom. The summed E-state index contributed by atoms with van der Waals surface area (Å²) in [7, 11) is 1.33. The zero-order valence-electron chi connectivity index (χ0n) is 12.2. The van der Waals surface area contributed by atoms with Crippen molar-refractivity contribution in [1.29, 1.82) is 5.26 Å². The van der Waals surface area contributed by atoms with Gasteiger partial charge in [-0.2, -0.15) is 5.26 Å². The summed E-state index contributed by atoms with van der Waals surface area (Å²) in [6.45, 7) is 0. The van der Waals surface area contributed by atoms with Crippen molar-refractivity contribution in [3.05, 3.63) is 59.7 Å². The molecule has 1 atom stereocenters. The van der Waals surface area contributed by atoms with Crippen molar-refractivity contribution in [3.63, 3.8) is 0 Å². The fraction of sp³-hybridized carbons (Fsp3) is 0.176. The summed E-state index contributed by atoms with van der Waals surface area (Å²) < 4.78 is 4.61. The van der Waals surface area contributed by atoms with Crippen molar-refractivity contribution < 1.29 is 9.53 Å². The highest BCUT2D eigenvalue weighted by atomic mass is 35.5. The number of nitrogens with zero attached hydrogens (tertiary/aromatic N) is 1. The van der Waals surface area contributed by atoms with Crippen molar-refractivity contribution in [2.45, 2.75) is 12.5 Å². The highest BCUT2D eigenvalue weighted by Gasteiger charge is 2.13. The molecule has 0 amide bonds. The van der Waals surface area contributed by atoms with Crippen LogP contribution in [0.4, 0.5) is 0 Å². The highest BCUT2D eigenvalue weighted by Crippen LogP contribution is 2.20. The van der Waals surface area contributed by atoms with Crippen LogP contribution in [0.1, 0.15) is 11.1 Å². The van der Waals surface area contributed by atoms with E-state index in [1.54, 1.807) is 12.1 Å². The molecule has 0 saturated carbocycles. The third-order valence-corrected chi connectivity index (χ3v) is 3.26. The normalized spacial score (nSPS) is 11.0. The molecular weight excluding hydrogens is 300 g/mol. The standard InChI is InChI=1S/C17H16N2O2.ClH/c1-21-17(20)16(19)10-12-2-6-14(7-3-12)15-8-4-13(11-18)5-9-15;/h2-9,16H,10,19H2,1H3;1H/t16-;/m0./s1. The molecule has 2 rings (SSSR count). The Morgan fingerprint density at radius 3 is 2.09 bits per heavy atom. The first-order chi connectivity index (χ1) is 10.1. The maximum atomic E-state index is 11.3. The van der Waals surface area contributed by atoms with Gasteiger partial charge in [0.2, 0.25) is 0 Å². The van der Waals surface area contributed by atoms with Gasteiger partial charge in [-0.3, -0.25) is 4.79 Å². The van der Waals surface area contributed by atoms with Crippen LogP contribution in [-0.4, -0.2) is 19.1 Å². The molecule has 0 spiro atoms. The first kappa shape index (κ1) is 17.7. The summed E-state index contributed by atoms with van der Waals surface area (Å²) in [6.07, 6.45) is 0.445. The predicted octanol–water partition coefficient (Wildman–Crippen LogP) is 2.69. The van der Waals surface area contributed by atoms with E-state index in [9.17, 15) is 4.79 Å². The van der Waals surface area contributed by atoms with E-state index in [0.717, 1.165) is 16.7 Å². The van der Waals surface area contributed by atoms with Gasteiger partial charge >= 0.3 is 5.97 Å². The Morgan fingerprint density at radius 2 is 1.64 bits per heavy atom. The van der Waals surface area contributed by atoms with E-state index in [0.29, 0.717) is 12.0 Å². The molecule has 0 heterocycles. The van der Waals surface area contributed by atoms with Gasteiger partial charge in [-0.1, -0.05) is 36.4 Å². The number of hydrogen-bond donors (Lipinski definition) is 1. The molecule has 2 aromatic carbocycles. The van der Waals surface area contributed by atoms with E-state index in [2.05, 4.69) is 10.8 Å². The van der Waals surface area contributed by atoms with Crippen molar-refractivity contribution in [2.24, 2.45) is 5.73 Å². The Balaban J connectivity index is 0.00000242. The number of nitriles is 1. The summed E-state index contributed by atoms with van der Waals surface area (Å²) in [6, 6.07) is 16.7. The molecule has 4 nitrogen and oxygen atoms in total. The Bertz CT molecular complexity index is 661. The number of ether oxygens (including phenoxy) is 1. The van der Waals surface area contributed by atoms with Gasteiger partial charge in [-0.25, -0.2) is 0 Å². The van der Waals surface area contributed by atoms with Crippen molar-refractivity contribution >= 4 is 18.4 Å². The number of halogens is 1. The van der Waals surface area contributed by atoms with Gasteiger partial charge in [0.15, 0.2) is 0 Å². The average Bonchev–Trinajstić information content (AvgIpc) is 2.55. The second-order valence-electron chi connectivity index (χ2n) is 4.72. The lowest BCUT2D eigenvalue weighted by Crippen LogP contribution is -2.33. The maximum Gasteiger partial charge on any atom is 0.322 e. The molecule has 0 saturated heterocycles. The third-order valence-electron chi connectivity index (χ3n) is 3.26. The van der Waals surface area contributed by atoms with Crippen molar-refractivity contribution in [2.75, 3.05) is 7.11 Å². The number of carbonyl (C=O) groups excluding carboxylic acids is 1. The number of rotatable bonds is 4. The van der Waals surface area contributed by atoms with E-state index in [4.69, 9.17) is 11.0 Å². The van der Waals surface area contributed by atoms with Gasteiger partial charge in [-0.15, -0.1) is 12.4 Å². The van der Waals surface area contributed by atoms with Gasteiger partial charge in [0.1, 0.15) is 6.04 Å². The average molecular weight is 317 g/mol. The van der Waals surface area contributed by atoms with Crippen LogP contribution < -0.4 is 5.73 Å². The second kappa shape index (κ2) is 8.18. The van der Waals surface area contributed by atoms with Gasteiger partial charge in [0, 0.05) is 0 Å². The van der Waals surface area contributed by atoms with Gasteiger partial charge in [0.25, 0.3) is 0 Å². The Kier molecular flexibility index (Phi) is 6.58. The molecule has 2 N–H and O–H groups in total. The van der Waals surface area contributed by atoms with Crippen LogP contribution in [0.15, 0.2) is 48.5 Å². The smallest absolute Gasteiger partial charge is 0.322 e. The largest absolute Gasteiger partial charge is 0.468 e. The summed E-state index contributed by atoms with van der Waals surface area (Å²) in [5.41, 5.74) is 9.44. The van der Waals surface area contributed by atoms with E-state index in [-0.39, 0.29) is 12.4 Å². The van der Waals surface area contributed by atoms with Crippen LogP contribution in [0.3, 0.4) is 0 Å². The lowest BCUT2D eigenvalue weighted by molar-refractivity contribution is -0.142. The molecule has 0 fully saturated rings. The van der Waals surface area contributed by atoms with E-state index >= 15 is 0 Å². The van der Waals surface area contributed by atoms with E-state index in [1.807, 2.05) is 36.4 Å². The maximum absolute atomic E-state index is 11.3. The molecule has 0 aliphatic heterocycles. The molecule has 0 bridgehead atoms. The number of benzene rings is 2. The minimum absolute atomic E-state index is 0. The van der Waals surface area contributed by atoms with Gasteiger partial charge in [-0.05, 0) is 35.2 Å². The minimum atomic E-state index is -0.643. The zero-order valence-corrected chi connectivity index (χ0v) is 13.0. The molecule has 5 heteroatoms. The molecule has 0 radical (unpaired) electrons. The van der Waals surface area contributed by atoms with Gasteiger partial charge in [0.05, 0.1) is 18.7 Å². The summed E-state index contributed by atoms with van der Waals surface area (Å²) in [5, 5.41) is 8.78. The van der Waals surface area contributed by atoms with Crippen LogP contribution in [0.2, 0.25) is 0 Å².